The standard InChI is InChI=1S/C18H19ClN2O2S/c19-14-4-6-17(7-5-14)23-12-18(22)21(16-8-10-24-13-16)11-15-3-1-2-9-20-15/h1-7,9,16H,8,10-13H2. The lowest BCUT2D eigenvalue weighted by atomic mass is 10.2. The average molecular weight is 363 g/mol. The largest absolute Gasteiger partial charge is 0.484 e. The minimum Gasteiger partial charge on any atom is -0.484 e. The molecule has 1 atom stereocenters. The van der Waals surface area contributed by atoms with Gasteiger partial charge in [-0.1, -0.05) is 17.7 Å². The van der Waals surface area contributed by atoms with Crippen LogP contribution < -0.4 is 4.74 Å². The van der Waals surface area contributed by atoms with E-state index in [0.29, 0.717) is 17.3 Å². The lowest BCUT2D eigenvalue weighted by Gasteiger charge is -2.28. The molecule has 1 aliphatic rings. The number of hydrogen-bond acceptors (Lipinski definition) is 4. The van der Waals surface area contributed by atoms with Crippen molar-refractivity contribution in [1.82, 2.24) is 9.88 Å². The zero-order chi connectivity index (χ0) is 16.8. The summed E-state index contributed by atoms with van der Waals surface area (Å²) in [4.78, 5) is 19.0. The van der Waals surface area contributed by atoms with Gasteiger partial charge in [0.1, 0.15) is 5.75 Å². The number of carbonyl (C=O) groups excluding carboxylic acids is 1. The molecule has 126 valence electrons. The first-order valence-electron chi connectivity index (χ1n) is 7.88. The van der Waals surface area contributed by atoms with Crippen molar-refractivity contribution in [3.05, 3.63) is 59.4 Å². The van der Waals surface area contributed by atoms with Gasteiger partial charge in [0.2, 0.25) is 0 Å². The normalized spacial score (nSPS) is 16.8. The van der Waals surface area contributed by atoms with Crippen molar-refractivity contribution >= 4 is 29.3 Å². The summed E-state index contributed by atoms with van der Waals surface area (Å²) in [6.07, 6.45) is 2.77. The van der Waals surface area contributed by atoms with Crippen molar-refractivity contribution in [1.29, 1.82) is 0 Å². The van der Waals surface area contributed by atoms with E-state index in [1.54, 1.807) is 30.5 Å². The first-order chi connectivity index (χ1) is 11.7. The number of benzene rings is 1. The van der Waals surface area contributed by atoms with Crippen LogP contribution in [0.5, 0.6) is 5.75 Å². The molecular formula is C18H19ClN2O2S. The Morgan fingerprint density at radius 3 is 2.79 bits per heavy atom. The number of ether oxygens (including phenoxy) is 1. The van der Waals surface area contributed by atoms with Gasteiger partial charge in [-0.3, -0.25) is 9.78 Å². The van der Waals surface area contributed by atoms with Gasteiger partial charge in [0, 0.05) is 23.0 Å². The second-order valence-electron chi connectivity index (χ2n) is 5.60. The lowest BCUT2D eigenvalue weighted by molar-refractivity contribution is -0.136. The first kappa shape index (κ1) is 17.1. The molecule has 1 aromatic carbocycles. The van der Waals surface area contributed by atoms with E-state index in [2.05, 4.69) is 4.98 Å². The molecule has 0 spiro atoms. The quantitative estimate of drug-likeness (QED) is 0.786. The molecule has 1 saturated heterocycles. The van der Waals surface area contributed by atoms with Crippen LogP contribution in [0.4, 0.5) is 0 Å². The molecule has 1 unspecified atom stereocenters. The van der Waals surface area contributed by atoms with E-state index < -0.39 is 0 Å². The predicted molar refractivity (Wildman–Crippen MR) is 97.5 cm³/mol. The topological polar surface area (TPSA) is 42.4 Å². The molecular weight excluding hydrogens is 344 g/mol. The third-order valence-electron chi connectivity index (χ3n) is 3.90. The number of pyridine rings is 1. The number of hydrogen-bond donors (Lipinski definition) is 0. The summed E-state index contributed by atoms with van der Waals surface area (Å²) in [5, 5.41) is 0.647. The van der Waals surface area contributed by atoms with Crippen LogP contribution >= 0.6 is 23.4 Å². The van der Waals surface area contributed by atoms with Crippen LogP contribution in [0, 0.1) is 0 Å². The van der Waals surface area contributed by atoms with E-state index in [1.165, 1.54) is 0 Å². The average Bonchev–Trinajstić information content (AvgIpc) is 3.14. The molecule has 1 fully saturated rings. The molecule has 2 aromatic rings. The van der Waals surface area contributed by atoms with E-state index in [4.69, 9.17) is 16.3 Å². The third kappa shape index (κ3) is 4.65. The minimum absolute atomic E-state index is 0.0110. The smallest absolute Gasteiger partial charge is 0.261 e. The lowest BCUT2D eigenvalue weighted by Crippen LogP contribution is -2.42. The molecule has 0 radical (unpaired) electrons. The molecule has 1 aliphatic heterocycles. The summed E-state index contributed by atoms with van der Waals surface area (Å²) >= 11 is 7.75. The summed E-state index contributed by atoms with van der Waals surface area (Å²) in [5.74, 6) is 2.70. The van der Waals surface area contributed by atoms with E-state index in [9.17, 15) is 4.79 Å². The second-order valence-corrected chi connectivity index (χ2v) is 7.19. The Kier molecular flexibility index (Phi) is 5.99. The van der Waals surface area contributed by atoms with Crippen molar-refractivity contribution in [2.45, 2.75) is 19.0 Å². The summed E-state index contributed by atoms with van der Waals surface area (Å²) in [5.41, 5.74) is 0.897. The molecule has 2 heterocycles. The molecule has 1 amide bonds. The van der Waals surface area contributed by atoms with Crippen molar-refractivity contribution < 1.29 is 9.53 Å². The Labute approximate surface area is 151 Å². The second kappa shape index (κ2) is 8.40. The number of amides is 1. The van der Waals surface area contributed by atoms with Gasteiger partial charge in [-0.15, -0.1) is 0 Å². The third-order valence-corrected chi connectivity index (χ3v) is 5.30. The van der Waals surface area contributed by atoms with Crippen LogP contribution in [-0.4, -0.2) is 39.9 Å². The van der Waals surface area contributed by atoms with E-state index >= 15 is 0 Å². The van der Waals surface area contributed by atoms with Gasteiger partial charge in [-0.2, -0.15) is 11.8 Å². The summed E-state index contributed by atoms with van der Waals surface area (Å²) in [6, 6.07) is 13.1. The van der Waals surface area contributed by atoms with Crippen molar-refractivity contribution in [3.63, 3.8) is 0 Å². The highest BCUT2D eigenvalue weighted by Gasteiger charge is 2.27. The molecule has 1 aromatic heterocycles. The molecule has 0 N–H and O–H groups in total. The Balaban J connectivity index is 1.65. The van der Waals surface area contributed by atoms with Crippen LogP contribution in [0.2, 0.25) is 5.02 Å². The molecule has 3 rings (SSSR count). The summed E-state index contributed by atoms with van der Waals surface area (Å²) in [7, 11) is 0. The van der Waals surface area contributed by atoms with E-state index in [1.807, 2.05) is 34.9 Å². The monoisotopic (exact) mass is 362 g/mol. The molecule has 0 aliphatic carbocycles. The maximum atomic E-state index is 12.7. The zero-order valence-corrected chi connectivity index (χ0v) is 14.8. The molecule has 24 heavy (non-hydrogen) atoms. The highest BCUT2D eigenvalue weighted by Crippen LogP contribution is 2.24. The highest BCUT2D eigenvalue weighted by molar-refractivity contribution is 7.99. The van der Waals surface area contributed by atoms with E-state index in [-0.39, 0.29) is 18.6 Å². The van der Waals surface area contributed by atoms with Gasteiger partial charge >= 0.3 is 0 Å². The number of aromatic nitrogens is 1. The summed E-state index contributed by atoms with van der Waals surface area (Å²) in [6.45, 7) is 0.546. The van der Waals surface area contributed by atoms with Gasteiger partial charge in [0.05, 0.1) is 12.2 Å². The Morgan fingerprint density at radius 1 is 1.29 bits per heavy atom. The van der Waals surface area contributed by atoms with Gasteiger partial charge in [-0.25, -0.2) is 0 Å². The Hall–Kier alpha value is -1.72. The predicted octanol–water partition coefficient (Wildman–Crippen LogP) is 3.65. The fraction of sp³-hybridized carbons (Fsp3) is 0.333. The SMILES string of the molecule is O=C(COc1ccc(Cl)cc1)N(Cc1ccccn1)C1CCSC1. The number of rotatable bonds is 6. The molecule has 4 nitrogen and oxygen atoms in total. The van der Waals surface area contributed by atoms with E-state index in [0.717, 1.165) is 23.6 Å². The Morgan fingerprint density at radius 2 is 2.12 bits per heavy atom. The number of halogens is 1. The summed E-state index contributed by atoms with van der Waals surface area (Å²) < 4.78 is 5.62. The maximum Gasteiger partial charge on any atom is 0.261 e. The highest BCUT2D eigenvalue weighted by atomic mass is 35.5. The number of carbonyl (C=O) groups is 1. The molecule has 0 bridgehead atoms. The van der Waals surface area contributed by atoms with Crippen molar-refractivity contribution in [2.75, 3.05) is 18.1 Å². The maximum absolute atomic E-state index is 12.7. The van der Waals surface area contributed by atoms with Gasteiger partial charge in [0.15, 0.2) is 6.61 Å². The number of thioether (sulfide) groups is 1. The Bertz CT molecular complexity index is 660. The fourth-order valence-corrected chi connectivity index (χ4v) is 3.96. The van der Waals surface area contributed by atoms with Gasteiger partial charge in [0.25, 0.3) is 5.91 Å². The zero-order valence-electron chi connectivity index (χ0n) is 13.2. The fourth-order valence-electron chi connectivity index (χ4n) is 2.61. The van der Waals surface area contributed by atoms with Crippen molar-refractivity contribution in [3.8, 4) is 5.75 Å². The first-order valence-corrected chi connectivity index (χ1v) is 9.41. The van der Waals surface area contributed by atoms with Crippen LogP contribution in [-0.2, 0) is 11.3 Å². The van der Waals surface area contributed by atoms with Gasteiger partial charge in [-0.05, 0) is 48.6 Å². The van der Waals surface area contributed by atoms with Crippen LogP contribution in [0.25, 0.3) is 0 Å². The molecule has 0 saturated carbocycles. The molecule has 6 heteroatoms. The van der Waals surface area contributed by atoms with Crippen molar-refractivity contribution in [2.24, 2.45) is 0 Å². The van der Waals surface area contributed by atoms with Crippen LogP contribution in [0.3, 0.4) is 0 Å². The van der Waals surface area contributed by atoms with Crippen LogP contribution in [0.15, 0.2) is 48.7 Å². The number of nitrogens with zero attached hydrogens (tertiary/aromatic N) is 2. The minimum atomic E-state index is -0.0110. The van der Waals surface area contributed by atoms with Gasteiger partial charge < -0.3 is 9.64 Å². The van der Waals surface area contributed by atoms with Crippen LogP contribution in [0.1, 0.15) is 12.1 Å².